The Hall–Kier alpha value is -3.29. The van der Waals surface area contributed by atoms with Crippen LogP contribution in [0.5, 0.6) is 0 Å². The van der Waals surface area contributed by atoms with Crippen molar-refractivity contribution in [3.8, 4) is 11.8 Å². The van der Waals surface area contributed by atoms with Gasteiger partial charge in [0, 0.05) is 20.5 Å². The van der Waals surface area contributed by atoms with Crippen LogP contribution in [0.25, 0.3) is 0 Å². The fourth-order valence-electron chi connectivity index (χ4n) is 6.45. The summed E-state index contributed by atoms with van der Waals surface area (Å²) in [6, 6.07) is -2.27. The van der Waals surface area contributed by atoms with Gasteiger partial charge in [0.2, 0.25) is 5.91 Å². The highest BCUT2D eigenvalue weighted by atomic mass is 16.5. The van der Waals surface area contributed by atoms with Crippen molar-refractivity contribution >= 4 is 29.9 Å². The summed E-state index contributed by atoms with van der Waals surface area (Å²) in [6.07, 6.45) is 4.21. The first kappa shape index (κ1) is 26.3. The molecule has 3 unspecified atom stereocenters. The Kier molecular flexibility index (Phi) is 7.93. The molecule has 192 valence electrons. The number of esters is 2. The minimum atomic E-state index is -1.02. The van der Waals surface area contributed by atoms with Crippen LogP contribution in [0.3, 0.4) is 0 Å². The summed E-state index contributed by atoms with van der Waals surface area (Å²) in [7, 11) is 5.40. The Morgan fingerprint density at radius 3 is 2.00 bits per heavy atom. The Bertz CT molecular complexity index is 923. The molecule has 11 heteroatoms. The summed E-state index contributed by atoms with van der Waals surface area (Å²) in [6.45, 7) is -0.198. The van der Waals surface area contributed by atoms with E-state index in [1.807, 2.05) is 0 Å². The highest BCUT2D eigenvalue weighted by Gasteiger charge is 2.63. The van der Waals surface area contributed by atoms with E-state index in [0.29, 0.717) is 19.3 Å². The topological polar surface area (TPSA) is 143 Å². The molecule has 35 heavy (non-hydrogen) atoms. The molecule has 4 aliphatic carbocycles. The molecule has 0 saturated heterocycles. The van der Waals surface area contributed by atoms with Gasteiger partial charge in [-0.15, -0.1) is 0 Å². The predicted octanol–water partition coefficient (Wildman–Crippen LogP) is 0.778. The molecule has 0 aliphatic heterocycles. The van der Waals surface area contributed by atoms with E-state index in [-0.39, 0.29) is 36.7 Å². The van der Waals surface area contributed by atoms with Crippen LogP contribution in [0.2, 0.25) is 0 Å². The van der Waals surface area contributed by atoms with Crippen molar-refractivity contribution in [2.75, 3.05) is 34.9 Å². The molecule has 3 N–H and O–H groups in total. The maximum Gasteiger partial charge on any atom is 0.329 e. The fraction of sp³-hybridized carbons (Fsp3) is 0.708. The number of ether oxygens (including phenoxy) is 2. The molecule has 0 aromatic rings. The summed E-state index contributed by atoms with van der Waals surface area (Å²) < 4.78 is 9.97. The average Bonchev–Trinajstić information content (AvgIpc) is 2.85. The van der Waals surface area contributed by atoms with Gasteiger partial charge in [0.1, 0.15) is 6.04 Å². The molecule has 4 rings (SSSR count). The standard InChI is InChI=1S/C24H34N4O7/c1-25-21(32)28(22(33)26-2)8-6-5-7-17(18(29)34-3)27-19(30)23-10-15-9-16(11-23)13-24(12-15,14-23)20(31)35-4/h15-17H,7-14H2,1-4H3,(H,25,32)(H,26,33)(H,27,30). The second-order valence-corrected chi connectivity index (χ2v) is 9.82. The largest absolute Gasteiger partial charge is 0.469 e. The number of amides is 5. The number of carbonyl (C=O) groups is 5. The van der Waals surface area contributed by atoms with Crippen LogP contribution in [0.15, 0.2) is 0 Å². The van der Waals surface area contributed by atoms with E-state index in [1.54, 1.807) is 0 Å². The number of methoxy groups -OCH3 is 2. The van der Waals surface area contributed by atoms with Crippen molar-refractivity contribution in [1.82, 2.24) is 20.9 Å². The zero-order valence-electron chi connectivity index (χ0n) is 20.7. The Labute approximate surface area is 205 Å². The van der Waals surface area contributed by atoms with Crippen molar-refractivity contribution in [3.63, 3.8) is 0 Å². The van der Waals surface area contributed by atoms with Crippen LogP contribution in [-0.2, 0) is 23.9 Å². The maximum atomic E-state index is 13.5. The molecule has 0 radical (unpaired) electrons. The lowest BCUT2D eigenvalue weighted by molar-refractivity contribution is -0.182. The zero-order valence-corrected chi connectivity index (χ0v) is 20.7. The molecule has 4 bridgehead atoms. The third kappa shape index (κ3) is 5.21. The van der Waals surface area contributed by atoms with E-state index in [1.165, 1.54) is 28.3 Å². The maximum absolute atomic E-state index is 13.5. The highest BCUT2D eigenvalue weighted by molar-refractivity contribution is 5.93. The molecule has 4 fully saturated rings. The lowest BCUT2D eigenvalue weighted by atomic mass is 9.44. The number of hydrogen-bond acceptors (Lipinski definition) is 7. The van der Waals surface area contributed by atoms with Crippen LogP contribution < -0.4 is 16.0 Å². The molecular formula is C24H34N4O7. The number of imide groups is 1. The van der Waals surface area contributed by atoms with E-state index in [0.717, 1.165) is 24.2 Å². The summed E-state index contributed by atoms with van der Waals surface area (Å²) in [5.41, 5.74) is -1.37. The number of hydrogen-bond donors (Lipinski definition) is 3. The van der Waals surface area contributed by atoms with Crippen LogP contribution in [0.1, 0.15) is 44.9 Å². The first-order valence-corrected chi connectivity index (χ1v) is 11.8. The molecule has 0 spiro atoms. The Morgan fingerprint density at radius 2 is 1.49 bits per heavy atom. The SMILES string of the molecule is CNC(=O)N(CC#CCC(NC(=O)C12CC3CC(C1)CC(C(=O)OC)(C3)C2)C(=O)OC)C(=O)NC. The molecule has 4 saturated carbocycles. The van der Waals surface area contributed by atoms with Gasteiger partial charge in [-0.05, 0) is 50.4 Å². The van der Waals surface area contributed by atoms with Gasteiger partial charge >= 0.3 is 24.0 Å². The quantitative estimate of drug-likeness (QED) is 0.369. The monoisotopic (exact) mass is 490 g/mol. The molecule has 0 aromatic heterocycles. The van der Waals surface area contributed by atoms with Crippen molar-refractivity contribution in [2.45, 2.75) is 51.0 Å². The third-order valence-electron chi connectivity index (χ3n) is 7.54. The summed E-state index contributed by atoms with van der Waals surface area (Å²) in [4.78, 5) is 63.2. The molecule has 3 atom stereocenters. The highest BCUT2D eigenvalue weighted by Crippen LogP contribution is 2.65. The first-order valence-electron chi connectivity index (χ1n) is 11.8. The average molecular weight is 491 g/mol. The smallest absolute Gasteiger partial charge is 0.329 e. The zero-order chi connectivity index (χ0) is 25.8. The van der Waals surface area contributed by atoms with Gasteiger partial charge in [-0.25, -0.2) is 19.3 Å². The van der Waals surface area contributed by atoms with E-state index in [2.05, 4.69) is 27.8 Å². The van der Waals surface area contributed by atoms with E-state index in [9.17, 15) is 24.0 Å². The van der Waals surface area contributed by atoms with Gasteiger partial charge in [0.15, 0.2) is 0 Å². The van der Waals surface area contributed by atoms with E-state index >= 15 is 0 Å². The van der Waals surface area contributed by atoms with Crippen molar-refractivity contribution < 1.29 is 33.4 Å². The molecule has 4 aliphatic rings. The Morgan fingerprint density at radius 1 is 0.914 bits per heavy atom. The van der Waals surface area contributed by atoms with E-state index < -0.39 is 34.9 Å². The van der Waals surface area contributed by atoms with Crippen LogP contribution in [0, 0.1) is 34.5 Å². The molecule has 11 nitrogen and oxygen atoms in total. The summed E-state index contributed by atoms with van der Waals surface area (Å²) in [5.74, 6) is 4.84. The number of nitrogens with zero attached hydrogens (tertiary/aromatic N) is 1. The van der Waals surface area contributed by atoms with Crippen molar-refractivity contribution in [2.24, 2.45) is 22.7 Å². The minimum absolute atomic E-state index is 0.0567. The number of carbonyl (C=O) groups excluding carboxylic acids is 5. The van der Waals surface area contributed by atoms with Crippen molar-refractivity contribution in [3.05, 3.63) is 0 Å². The lowest BCUT2D eigenvalue weighted by Crippen LogP contribution is -2.61. The van der Waals surface area contributed by atoms with Crippen molar-refractivity contribution in [1.29, 1.82) is 0 Å². The number of rotatable bonds is 6. The molecule has 0 heterocycles. The second kappa shape index (κ2) is 10.5. The van der Waals surface area contributed by atoms with Gasteiger partial charge in [-0.2, -0.15) is 0 Å². The summed E-state index contributed by atoms with van der Waals surface area (Å²) >= 11 is 0. The minimum Gasteiger partial charge on any atom is -0.469 e. The van der Waals surface area contributed by atoms with Gasteiger partial charge in [0.25, 0.3) is 0 Å². The number of nitrogens with one attached hydrogen (secondary N) is 3. The van der Waals surface area contributed by atoms with Gasteiger partial charge in [-0.1, -0.05) is 11.8 Å². The van der Waals surface area contributed by atoms with E-state index in [4.69, 9.17) is 9.47 Å². The predicted molar refractivity (Wildman–Crippen MR) is 124 cm³/mol. The van der Waals surface area contributed by atoms with Crippen LogP contribution in [0.4, 0.5) is 9.59 Å². The van der Waals surface area contributed by atoms with Crippen LogP contribution >= 0.6 is 0 Å². The normalized spacial score (nSPS) is 28.6. The van der Waals surface area contributed by atoms with Crippen LogP contribution in [-0.4, -0.2) is 75.7 Å². The molecular weight excluding hydrogens is 456 g/mol. The molecule has 0 aromatic carbocycles. The lowest BCUT2D eigenvalue weighted by Gasteiger charge is -2.59. The van der Waals surface area contributed by atoms with Gasteiger partial charge in [-0.3, -0.25) is 9.59 Å². The van der Waals surface area contributed by atoms with Gasteiger partial charge < -0.3 is 25.4 Å². The Balaban J connectivity index is 1.72. The second-order valence-electron chi connectivity index (χ2n) is 9.82. The summed E-state index contributed by atoms with van der Waals surface area (Å²) in [5, 5.41) is 7.53. The van der Waals surface area contributed by atoms with Gasteiger partial charge in [0.05, 0.1) is 31.6 Å². The first-order chi connectivity index (χ1) is 16.6. The number of urea groups is 2. The third-order valence-corrected chi connectivity index (χ3v) is 7.54. The molecule has 5 amide bonds. The fourth-order valence-corrected chi connectivity index (χ4v) is 6.45.